The Morgan fingerprint density at radius 2 is 2.00 bits per heavy atom. The Bertz CT molecular complexity index is 583. The van der Waals surface area contributed by atoms with Gasteiger partial charge in [0.15, 0.2) is 6.04 Å². The van der Waals surface area contributed by atoms with Crippen LogP contribution in [0.3, 0.4) is 0 Å². The molecule has 3 atom stereocenters. The Labute approximate surface area is 131 Å². The number of hydrogen-bond donors (Lipinski definition) is 1. The number of halogens is 3. The molecule has 1 aliphatic rings. The van der Waals surface area contributed by atoms with Crippen LogP contribution in [0.25, 0.3) is 0 Å². The number of ether oxygens (including phenoxy) is 1. The highest BCUT2D eigenvalue weighted by Crippen LogP contribution is 2.36. The van der Waals surface area contributed by atoms with Crippen LogP contribution in [0.2, 0.25) is 0 Å². The third kappa shape index (κ3) is 3.86. The van der Waals surface area contributed by atoms with E-state index in [0.29, 0.717) is 19.3 Å². The maximum atomic E-state index is 13.3. The summed E-state index contributed by atoms with van der Waals surface area (Å²) in [5.41, 5.74) is -0.0408. The maximum absolute atomic E-state index is 13.3. The van der Waals surface area contributed by atoms with Gasteiger partial charge >= 0.3 is 12.1 Å². The molecule has 1 heterocycles. The predicted molar refractivity (Wildman–Crippen MR) is 75.2 cm³/mol. The lowest BCUT2D eigenvalue weighted by Crippen LogP contribution is -2.42. The van der Waals surface area contributed by atoms with Crippen LogP contribution in [0.5, 0.6) is 0 Å². The summed E-state index contributed by atoms with van der Waals surface area (Å²) < 4.78 is 45.9. The molecule has 1 aromatic rings. The first-order valence-electron chi connectivity index (χ1n) is 7.31. The van der Waals surface area contributed by atoms with Crippen molar-refractivity contribution < 1.29 is 27.5 Å². The van der Waals surface area contributed by atoms with E-state index >= 15 is 0 Å². The molecule has 0 bridgehead atoms. The van der Waals surface area contributed by atoms with Crippen LogP contribution in [0.4, 0.5) is 13.2 Å². The maximum Gasteiger partial charge on any atom is 0.412 e. The number of aromatic nitrogens is 1. The van der Waals surface area contributed by atoms with Gasteiger partial charge in [0.05, 0.1) is 18.9 Å². The molecule has 0 aromatic carbocycles. The van der Waals surface area contributed by atoms with Gasteiger partial charge in [-0.1, -0.05) is 6.42 Å². The van der Waals surface area contributed by atoms with Gasteiger partial charge in [0.2, 0.25) is 5.91 Å². The zero-order chi connectivity index (χ0) is 17.2. The number of nitrogens with zero attached hydrogens (tertiary/aromatic N) is 1. The highest BCUT2D eigenvalue weighted by atomic mass is 19.4. The van der Waals surface area contributed by atoms with Gasteiger partial charge in [-0.3, -0.25) is 9.59 Å². The molecule has 128 valence electrons. The van der Waals surface area contributed by atoms with Crippen molar-refractivity contribution in [2.24, 2.45) is 18.9 Å². The number of esters is 1. The van der Waals surface area contributed by atoms with Crippen molar-refractivity contribution in [1.29, 1.82) is 0 Å². The van der Waals surface area contributed by atoms with Gasteiger partial charge in [-0.25, -0.2) is 0 Å². The second kappa shape index (κ2) is 6.64. The second-order valence-corrected chi connectivity index (χ2v) is 5.76. The molecule has 23 heavy (non-hydrogen) atoms. The number of carbonyl (C=O) groups excluding carboxylic acids is 2. The molecular weight excluding hydrogens is 313 g/mol. The van der Waals surface area contributed by atoms with E-state index in [9.17, 15) is 22.8 Å². The van der Waals surface area contributed by atoms with Crippen LogP contribution in [-0.2, 0) is 21.4 Å². The molecule has 1 aliphatic carbocycles. The lowest BCUT2D eigenvalue weighted by Gasteiger charge is -2.24. The Hall–Kier alpha value is -1.99. The van der Waals surface area contributed by atoms with Crippen molar-refractivity contribution in [2.45, 2.75) is 31.5 Å². The van der Waals surface area contributed by atoms with Gasteiger partial charge in [0.25, 0.3) is 0 Å². The van der Waals surface area contributed by atoms with E-state index < -0.39 is 35.9 Å². The molecule has 0 saturated heterocycles. The van der Waals surface area contributed by atoms with E-state index in [1.807, 2.05) is 0 Å². The minimum atomic E-state index is -4.61. The third-order valence-corrected chi connectivity index (χ3v) is 4.16. The monoisotopic (exact) mass is 332 g/mol. The molecule has 0 unspecified atom stereocenters. The fraction of sp³-hybridized carbons (Fsp3) is 0.600. The summed E-state index contributed by atoms with van der Waals surface area (Å²) in [6.45, 7) is 0. The quantitative estimate of drug-likeness (QED) is 0.861. The fourth-order valence-corrected chi connectivity index (χ4v) is 3.01. The molecule has 2 rings (SSSR count). The van der Waals surface area contributed by atoms with Gasteiger partial charge in [-0.15, -0.1) is 0 Å². The molecule has 1 fully saturated rings. The number of alkyl halides is 3. The molecule has 0 aliphatic heterocycles. The van der Waals surface area contributed by atoms with Crippen molar-refractivity contribution in [3.05, 3.63) is 24.0 Å². The second-order valence-electron chi connectivity index (χ2n) is 5.76. The summed E-state index contributed by atoms with van der Waals surface area (Å²) in [5.74, 6) is -2.77. The topological polar surface area (TPSA) is 60.3 Å². The third-order valence-electron chi connectivity index (χ3n) is 4.16. The summed E-state index contributed by atoms with van der Waals surface area (Å²) in [5, 5.41) is 2.05. The van der Waals surface area contributed by atoms with Gasteiger partial charge in [0.1, 0.15) is 0 Å². The van der Waals surface area contributed by atoms with E-state index in [4.69, 9.17) is 0 Å². The van der Waals surface area contributed by atoms with Crippen LogP contribution < -0.4 is 5.32 Å². The smallest absolute Gasteiger partial charge is 0.412 e. The minimum Gasteiger partial charge on any atom is -0.469 e. The highest BCUT2D eigenvalue weighted by molar-refractivity contribution is 5.86. The Morgan fingerprint density at radius 1 is 1.35 bits per heavy atom. The number of methoxy groups -OCH3 is 1. The molecule has 0 spiro atoms. The molecule has 5 nitrogen and oxygen atoms in total. The molecule has 1 N–H and O–H groups in total. The van der Waals surface area contributed by atoms with Gasteiger partial charge in [0, 0.05) is 25.0 Å². The molecule has 1 aromatic heterocycles. The average Bonchev–Trinajstić information content (AvgIpc) is 3.11. The van der Waals surface area contributed by atoms with Crippen LogP contribution in [-0.4, -0.2) is 29.7 Å². The van der Waals surface area contributed by atoms with Crippen LogP contribution in [0.15, 0.2) is 18.5 Å². The van der Waals surface area contributed by atoms with Crippen LogP contribution in [0, 0.1) is 11.8 Å². The fourth-order valence-electron chi connectivity index (χ4n) is 3.01. The molecule has 1 amide bonds. The Kier molecular flexibility index (Phi) is 5.01. The van der Waals surface area contributed by atoms with E-state index in [2.05, 4.69) is 10.1 Å². The zero-order valence-corrected chi connectivity index (χ0v) is 12.9. The number of hydrogen-bond acceptors (Lipinski definition) is 3. The lowest BCUT2D eigenvalue weighted by molar-refractivity contribution is -0.165. The summed E-state index contributed by atoms with van der Waals surface area (Å²) in [6, 6.07) is -0.777. The highest BCUT2D eigenvalue weighted by Gasteiger charge is 2.45. The predicted octanol–water partition coefficient (Wildman–Crippen LogP) is 2.33. The number of amides is 1. The Morgan fingerprint density at radius 3 is 2.52 bits per heavy atom. The minimum absolute atomic E-state index is 0.0408. The molecule has 0 radical (unpaired) electrons. The number of nitrogens with one attached hydrogen (secondary N) is 1. The molecular formula is C15H19F3N2O3. The standard InChI is InChI=1S/C15H19F3N2O3/c1-20-7-6-9(8-20)12(15(16,17)18)19-13(21)10-4-3-5-11(10)14(22)23-2/h6-8,10-12H,3-5H2,1-2H3,(H,19,21)/t10-,11+,12+/m0/s1. The largest absolute Gasteiger partial charge is 0.469 e. The van der Waals surface area contributed by atoms with Crippen LogP contribution in [0.1, 0.15) is 30.9 Å². The van der Waals surface area contributed by atoms with Crippen molar-refractivity contribution >= 4 is 11.9 Å². The summed E-state index contributed by atoms with van der Waals surface area (Å²) in [4.78, 5) is 23.9. The van der Waals surface area contributed by atoms with E-state index in [0.717, 1.165) is 0 Å². The Balaban J connectivity index is 2.16. The van der Waals surface area contributed by atoms with Crippen molar-refractivity contribution in [1.82, 2.24) is 9.88 Å². The lowest BCUT2D eigenvalue weighted by atomic mass is 9.94. The molecule has 1 saturated carbocycles. The van der Waals surface area contributed by atoms with Gasteiger partial charge < -0.3 is 14.6 Å². The first kappa shape index (κ1) is 17.4. The normalized spacial score (nSPS) is 22.7. The van der Waals surface area contributed by atoms with E-state index in [1.165, 1.54) is 30.1 Å². The van der Waals surface area contributed by atoms with E-state index in [1.54, 1.807) is 7.05 Å². The first-order chi connectivity index (χ1) is 10.7. The summed E-state index contributed by atoms with van der Waals surface area (Å²) in [7, 11) is 2.81. The average molecular weight is 332 g/mol. The SMILES string of the molecule is COC(=O)[C@@H]1CCC[C@@H]1C(=O)N[C@H](c1ccn(C)c1)C(F)(F)F. The summed E-state index contributed by atoms with van der Waals surface area (Å²) >= 11 is 0. The van der Waals surface area contributed by atoms with Crippen LogP contribution >= 0.6 is 0 Å². The molecule has 8 heteroatoms. The van der Waals surface area contributed by atoms with Crippen molar-refractivity contribution in [3.8, 4) is 0 Å². The van der Waals surface area contributed by atoms with Gasteiger partial charge in [-0.05, 0) is 18.9 Å². The zero-order valence-electron chi connectivity index (χ0n) is 12.9. The summed E-state index contributed by atoms with van der Waals surface area (Å²) in [6.07, 6.45) is -0.383. The van der Waals surface area contributed by atoms with Crippen molar-refractivity contribution in [3.63, 3.8) is 0 Å². The number of carbonyl (C=O) groups is 2. The van der Waals surface area contributed by atoms with Gasteiger partial charge in [-0.2, -0.15) is 13.2 Å². The van der Waals surface area contributed by atoms with Crippen molar-refractivity contribution in [2.75, 3.05) is 7.11 Å². The first-order valence-corrected chi connectivity index (χ1v) is 7.31. The number of rotatable bonds is 4. The number of aryl methyl sites for hydroxylation is 1. The van der Waals surface area contributed by atoms with E-state index in [-0.39, 0.29) is 5.56 Å².